The highest BCUT2D eigenvalue weighted by Crippen LogP contribution is 2.50. The summed E-state index contributed by atoms with van der Waals surface area (Å²) in [5, 5.41) is 0. The summed E-state index contributed by atoms with van der Waals surface area (Å²) in [4.78, 5) is 55.3. The van der Waals surface area contributed by atoms with E-state index >= 15 is 0 Å². The highest BCUT2D eigenvalue weighted by Gasteiger charge is 2.51. The first-order chi connectivity index (χ1) is 18.8. The zero-order valence-electron chi connectivity index (χ0n) is 23.6. The van der Waals surface area contributed by atoms with Crippen molar-refractivity contribution in [3.8, 4) is 0 Å². The number of esters is 4. The third-order valence-corrected chi connectivity index (χ3v) is 7.74. The molecule has 0 bridgehead atoms. The average Bonchev–Trinajstić information content (AvgIpc) is 3.48. The Morgan fingerprint density at radius 3 is 1.05 bits per heavy atom. The van der Waals surface area contributed by atoms with Gasteiger partial charge in [-0.05, 0) is 67.5 Å². The van der Waals surface area contributed by atoms with Gasteiger partial charge in [0, 0.05) is 0 Å². The Morgan fingerprint density at radius 1 is 0.575 bits per heavy atom. The number of hydrogen-bond acceptors (Lipinski definition) is 13. The lowest BCUT2D eigenvalue weighted by molar-refractivity contribution is -0.167. The highest BCUT2D eigenvalue weighted by atomic mass is 31.2. The van der Waals surface area contributed by atoms with Crippen molar-refractivity contribution in [3.05, 3.63) is 18.2 Å². The van der Waals surface area contributed by atoms with Gasteiger partial charge in [0.2, 0.25) is 16.8 Å². The molecule has 0 aliphatic carbocycles. The molecule has 0 radical (unpaired) electrons. The lowest BCUT2D eigenvalue weighted by atomic mass is 10.2. The maximum Gasteiger partial charge on any atom is 0.339 e. The molecule has 3 rings (SSSR count). The van der Waals surface area contributed by atoms with E-state index in [1.807, 2.05) is 0 Å². The predicted molar refractivity (Wildman–Crippen MR) is 142 cm³/mol. The van der Waals surface area contributed by atoms with E-state index < -0.39 is 89.5 Å². The Bertz CT molecular complexity index is 942. The normalized spacial score (nSPS) is 23.7. The van der Waals surface area contributed by atoms with Crippen LogP contribution in [0.4, 0.5) is 0 Å². The van der Waals surface area contributed by atoms with E-state index in [4.69, 9.17) is 37.0 Å². The Morgan fingerprint density at radius 2 is 0.825 bits per heavy atom. The van der Waals surface area contributed by atoms with E-state index in [1.54, 1.807) is 73.6 Å². The Balaban J connectivity index is 1.84. The Labute approximate surface area is 235 Å². The molecule has 40 heavy (non-hydrogen) atoms. The molecular weight excluding hydrogens is 568 g/mol. The van der Waals surface area contributed by atoms with Crippen LogP contribution < -0.4 is 10.9 Å². The Hall–Kier alpha value is -2.27. The molecule has 1 aromatic rings. The van der Waals surface area contributed by atoms with E-state index in [1.165, 1.54) is 0 Å². The number of aromatic nitrogens is 1. The van der Waals surface area contributed by atoms with Gasteiger partial charge in [0.1, 0.15) is 10.9 Å². The molecule has 0 spiro atoms. The van der Waals surface area contributed by atoms with Crippen LogP contribution in [0, 0.1) is 0 Å². The molecule has 0 N–H and O–H groups in total. The summed E-state index contributed by atoms with van der Waals surface area (Å²) in [6, 6.07) is 4.78. The third-order valence-electron chi connectivity index (χ3n) is 4.82. The number of carbonyl (C=O) groups excluding carboxylic acids is 4. The smallest absolute Gasteiger partial charge is 0.339 e. The SMILES string of the molecule is CC(C)OC(=O)[C@@H]1OP(c2cccc(P3O[C@@H](C(=O)OC(C)C)[C@H](C(=O)OC(C)C)O3)n2)O[C@H]1C(=O)OC(C)C. The number of carbonyl (C=O) groups is 4. The van der Waals surface area contributed by atoms with Crippen LogP contribution >= 0.6 is 16.8 Å². The lowest BCUT2D eigenvalue weighted by Crippen LogP contribution is -2.40. The number of nitrogens with zero attached hydrogens (tertiary/aromatic N) is 1. The topological polar surface area (TPSA) is 155 Å². The second-order valence-electron chi connectivity index (χ2n) is 9.91. The summed E-state index contributed by atoms with van der Waals surface area (Å²) in [5.41, 5.74) is 0.498. The molecule has 0 aromatic carbocycles. The maximum absolute atomic E-state index is 12.7. The summed E-state index contributed by atoms with van der Waals surface area (Å²) < 4.78 is 44.3. The van der Waals surface area contributed by atoms with Crippen LogP contribution in [0.1, 0.15) is 55.4 Å². The van der Waals surface area contributed by atoms with Gasteiger partial charge in [0.05, 0.1) is 24.4 Å². The molecule has 222 valence electrons. The van der Waals surface area contributed by atoms with Crippen molar-refractivity contribution < 1.29 is 56.2 Å². The second-order valence-corrected chi connectivity index (χ2v) is 12.7. The van der Waals surface area contributed by atoms with Crippen molar-refractivity contribution in [2.24, 2.45) is 0 Å². The minimum atomic E-state index is -2.03. The van der Waals surface area contributed by atoms with Crippen LogP contribution in [-0.4, -0.2) is 77.7 Å². The molecule has 0 amide bonds. The quantitative estimate of drug-likeness (QED) is 0.218. The van der Waals surface area contributed by atoms with Gasteiger partial charge in [-0.3, -0.25) is 0 Å². The minimum absolute atomic E-state index is 0.249. The van der Waals surface area contributed by atoms with Crippen molar-refractivity contribution in [3.63, 3.8) is 0 Å². The van der Waals surface area contributed by atoms with Crippen molar-refractivity contribution in [2.75, 3.05) is 0 Å². The summed E-state index contributed by atoms with van der Waals surface area (Å²) in [5.74, 6) is -3.09. The van der Waals surface area contributed by atoms with Crippen LogP contribution in [0.2, 0.25) is 0 Å². The first-order valence-corrected chi connectivity index (χ1v) is 15.2. The first-order valence-electron chi connectivity index (χ1n) is 12.8. The maximum atomic E-state index is 12.7. The standard InChI is InChI=1S/C25H35NO12P2/c1-12(2)31-22(27)18-19(23(28)32-13(3)4)36-39(35-18)16-10-9-11-17(26-16)40-37-20(24(29)33-14(5)6)21(38-40)25(30)34-15(7)8/h9-15,18-21H,1-8H3/t18-,19-,20-,21-/m1/s1. The first kappa shape index (κ1) is 32.2. The van der Waals surface area contributed by atoms with Crippen LogP contribution in [-0.2, 0) is 56.2 Å². The van der Waals surface area contributed by atoms with Crippen molar-refractivity contribution in [2.45, 2.75) is 104 Å². The molecule has 13 nitrogen and oxygen atoms in total. The lowest BCUT2D eigenvalue weighted by Gasteiger charge is -2.17. The van der Waals surface area contributed by atoms with Gasteiger partial charge in [-0.15, -0.1) is 0 Å². The number of rotatable bonds is 10. The second kappa shape index (κ2) is 14.1. The summed E-state index contributed by atoms with van der Waals surface area (Å²) in [6.07, 6.45) is -7.23. The van der Waals surface area contributed by atoms with Gasteiger partial charge >= 0.3 is 23.9 Å². The zero-order chi connectivity index (χ0) is 29.7. The van der Waals surface area contributed by atoms with Crippen molar-refractivity contribution >= 4 is 51.5 Å². The van der Waals surface area contributed by atoms with Crippen molar-refractivity contribution in [1.82, 2.24) is 4.98 Å². The Kier molecular flexibility index (Phi) is 11.3. The number of pyridine rings is 1. The largest absolute Gasteiger partial charge is 0.461 e. The van der Waals surface area contributed by atoms with E-state index in [0.29, 0.717) is 0 Å². The van der Waals surface area contributed by atoms with Gasteiger partial charge in [-0.2, -0.15) is 0 Å². The third kappa shape index (κ3) is 8.38. The molecule has 2 aliphatic heterocycles. The van der Waals surface area contributed by atoms with Crippen LogP contribution in [0.3, 0.4) is 0 Å². The van der Waals surface area contributed by atoms with Crippen LogP contribution in [0.5, 0.6) is 0 Å². The fourth-order valence-electron chi connectivity index (χ4n) is 3.38. The number of hydrogen-bond donors (Lipinski definition) is 0. The number of ether oxygens (including phenoxy) is 4. The molecule has 2 saturated heterocycles. The molecule has 2 aliphatic rings. The molecule has 15 heteroatoms. The van der Waals surface area contributed by atoms with Crippen molar-refractivity contribution in [1.29, 1.82) is 0 Å². The molecule has 4 atom stereocenters. The van der Waals surface area contributed by atoms with E-state index in [2.05, 4.69) is 4.98 Å². The van der Waals surface area contributed by atoms with Gasteiger partial charge in [0.15, 0.2) is 24.4 Å². The fraction of sp³-hybridized carbons (Fsp3) is 0.640. The van der Waals surface area contributed by atoms with Gasteiger partial charge in [-0.1, -0.05) is 6.07 Å². The van der Waals surface area contributed by atoms with Crippen LogP contribution in [0.15, 0.2) is 18.2 Å². The highest BCUT2D eigenvalue weighted by molar-refractivity contribution is 7.57. The molecule has 0 saturated carbocycles. The molecular formula is C25H35NO12P2. The molecule has 1 aromatic heterocycles. The van der Waals surface area contributed by atoms with Gasteiger partial charge in [-0.25, -0.2) is 24.2 Å². The van der Waals surface area contributed by atoms with Gasteiger partial charge < -0.3 is 37.0 Å². The minimum Gasteiger partial charge on any atom is -0.461 e. The fourth-order valence-corrected chi connectivity index (χ4v) is 6.40. The molecule has 3 heterocycles. The van der Waals surface area contributed by atoms with E-state index in [9.17, 15) is 19.2 Å². The van der Waals surface area contributed by atoms with E-state index in [-0.39, 0.29) is 10.9 Å². The monoisotopic (exact) mass is 603 g/mol. The zero-order valence-corrected chi connectivity index (χ0v) is 25.4. The van der Waals surface area contributed by atoms with Gasteiger partial charge in [0.25, 0.3) is 0 Å². The molecule has 0 unspecified atom stereocenters. The predicted octanol–water partition coefficient (Wildman–Crippen LogP) is 2.33. The summed E-state index contributed by atoms with van der Waals surface area (Å²) >= 11 is 0. The van der Waals surface area contributed by atoms with Crippen LogP contribution in [0.25, 0.3) is 0 Å². The van der Waals surface area contributed by atoms with E-state index in [0.717, 1.165) is 0 Å². The summed E-state index contributed by atoms with van der Waals surface area (Å²) in [7, 11) is -4.06. The molecule has 2 fully saturated rings. The average molecular weight is 603 g/mol. The summed E-state index contributed by atoms with van der Waals surface area (Å²) in [6.45, 7) is 13.3.